The van der Waals surface area contributed by atoms with Crippen molar-refractivity contribution in [1.82, 2.24) is 15.5 Å². The maximum absolute atomic E-state index is 14.2. The zero-order valence-corrected chi connectivity index (χ0v) is 15.1. The van der Waals surface area contributed by atoms with Crippen molar-refractivity contribution in [3.63, 3.8) is 0 Å². The number of urea groups is 1. The lowest BCUT2D eigenvalue weighted by Crippen LogP contribution is -2.42. The number of likely N-dealkylation sites (tertiary alicyclic amines) is 1. The van der Waals surface area contributed by atoms with Gasteiger partial charge in [-0.3, -0.25) is 9.69 Å². The van der Waals surface area contributed by atoms with Crippen molar-refractivity contribution in [2.75, 3.05) is 44.7 Å². The van der Waals surface area contributed by atoms with E-state index < -0.39 is 5.82 Å². The van der Waals surface area contributed by atoms with E-state index in [0.29, 0.717) is 37.8 Å². The predicted molar refractivity (Wildman–Crippen MR) is 96.9 cm³/mol. The molecule has 25 heavy (non-hydrogen) atoms. The van der Waals surface area contributed by atoms with Crippen LogP contribution in [0.5, 0.6) is 0 Å². The molecular formula is C17H24ClFN4O2. The number of carbonyl (C=O) groups is 2. The van der Waals surface area contributed by atoms with Crippen molar-refractivity contribution in [2.24, 2.45) is 5.92 Å². The Bertz CT molecular complexity index is 641. The standard InChI is InChI=1S/C17H23FN4O2.ClH/c1-19-10-12-3-2-7-21(11-12)16(23)14-9-13(4-5-15(14)18)22-8-6-20-17(22)24;/h4-5,9,12,19H,2-3,6-8,10-11H2,1H3,(H,20,24);1H. The van der Waals surface area contributed by atoms with Gasteiger partial charge < -0.3 is 15.5 Å². The minimum Gasteiger partial charge on any atom is -0.338 e. The molecule has 2 saturated heterocycles. The molecule has 2 heterocycles. The highest BCUT2D eigenvalue weighted by Crippen LogP contribution is 2.24. The van der Waals surface area contributed by atoms with Crippen LogP contribution in [0.4, 0.5) is 14.9 Å². The third-order valence-corrected chi connectivity index (χ3v) is 4.65. The van der Waals surface area contributed by atoms with E-state index in [-0.39, 0.29) is 29.9 Å². The Morgan fingerprint density at radius 1 is 1.40 bits per heavy atom. The number of piperidine rings is 1. The van der Waals surface area contributed by atoms with Crippen LogP contribution in [0.25, 0.3) is 0 Å². The molecule has 0 saturated carbocycles. The molecule has 2 N–H and O–H groups in total. The number of hydrogen-bond acceptors (Lipinski definition) is 3. The lowest BCUT2D eigenvalue weighted by atomic mass is 9.97. The van der Waals surface area contributed by atoms with Gasteiger partial charge in [-0.15, -0.1) is 12.4 Å². The number of nitrogens with one attached hydrogen (secondary N) is 2. The molecule has 1 unspecified atom stereocenters. The Labute approximate surface area is 153 Å². The summed E-state index contributed by atoms with van der Waals surface area (Å²) in [5.74, 6) is -0.447. The number of rotatable bonds is 4. The quantitative estimate of drug-likeness (QED) is 0.850. The molecule has 3 amide bonds. The van der Waals surface area contributed by atoms with Crippen LogP contribution in [0.2, 0.25) is 0 Å². The van der Waals surface area contributed by atoms with Crippen molar-refractivity contribution in [3.05, 3.63) is 29.6 Å². The molecule has 1 atom stereocenters. The number of anilines is 1. The Balaban J connectivity index is 0.00000225. The Kier molecular flexibility index (Phi) is 6.61. The fourth-order valence-electron chi connectivity index (χ4n) is 3.44. The van der Waals surface area contributed by atoms with Gasteiger partial charge in [-0.05, 0) is 50.6 Å². The molecule has 138 valence electrons. The highest BCUT2D eigenvalue weighted by atomic mass is 35.5. The minimum absolute atomic E-state index is 0. The molecule has 2 fully saturated rings. The van der Waals surface area contributed by atoms with Gasteiger partial charge in [0.1, 0.15) is 5.82 Å². The number of halogens is 2. The van der Waals surface area contributed by atoms with Crippen molar-refractivity contribution >= 4 is 30.0 Å². The van der Waals surface area contributed by atoms with E-state index in [1.54, 1.807) is 4.90 Å². The van der Waals surface area contributed by atoms with Gasteiger partial charge in [0.25, 0.3) is 5.91 Å². The van der Waals surface area contributed by atoms with Gasteiger partial charge in [0.05, 0.1) is 5.56 Å². The van der Waals surface area contributed by atoms with Crippen molar-refractivity contribution in [1.29, 1.82) is 0 Å². The fourth-order valence-corrected chi connectivity index (χ4v) is 3.44. The number of amides is 3. The first-order chi connectivity index (χ1) is 11.6. The molecule has 6 nitrogen and oxygen atoms in total. The summed E-state index contributed by atoms with van der Waals surface area (Å²) in [4.78, 5) is 27.8. The lowest BCUT2D eigenvalue weighted by molar-refractivity contribution is 0.0669. The van der Waals surface area contributed by atoms with Crippen molar-refractivity contribution < 1.29 is 14.0 Å². The topological polar surface area (TPSA) is 64.7 Å². The van der Waals surface area contributed by atoms with E-state index in [1.165, 1.54) is 23.1 Å². The summed E-state index contributed by atoms with van der Waals surface area (Å²) in [6.07, 6.45) is 2.00. The first kappa shape index (κ1) is 19.5. The molecule has 1 aromatic carbocycles. The van der Waals surface area contributed by atoms with Crippen LogP contribution < -0.4 is 15.5 Å². The van der Waals surface area contributed by atoms with Crippen LogP contribution in [0.1, 0.15) is 23.2 Å². The molecule has 0 spiro atoms. The predicted octanol–water partition coefficient (Wildman–Crippen LogP) is 1.85. The van der Waals surface area contributed by atoms with Gasteiger partial charge in [0.2, 0.25) is 0 Å². The number of benzene rings is 1. The van der Waals surface area contributed by atoms with Crippen molar-refractivity contribution in [3.8, 4) is 0 Å². The largest absolute Gasteiger partial charge is 0.338 e. The maximum Gasteiger partial charge on any atom is 0.321 e. The first-order valence-corrected chi connectivity index (χ1v) is 8.39. The van der Waals surface area contributed by atoms with E-state index in [9.17, 15) is 14.0 Å². The summed E-state index contributed by atoms with van der Waals surface area (Å²) in [7, 11) is 1.89. The van der Waals surface area contributed by atoms with Crippen LogP contribution in [0.3, 0.4) is 0 Å². The highest BCUT2D eigenvalue weighted by Gasteiger charge is 2.28. The summed E-state index contributed by atoms with van der Waals surface area (Å²) in [5, 5.41) is 5.84. The molecule has 0 aliphatic carbocycles. The average Bonchev–Trinajstić information content (AvgIpc) is 3.01. The number of hydrogen-bond donors (Lipinski definition) is 2. The van der Waals surface area contributed by atoms with Crippen LogP contribution in [0.15, 0.2) is 18.2 Å². The van der Waals surface area contributed by atoms with Gasteiger partial charge in [-0.25, -0.2) is 9.18 Å². The Morgan fingerprint density at radius 3 is 2.88 bits per heavy atom. The van der Waals surface area contributed by atoms with Gasteiger partial charge in [-0.2, -0.15) is 0 Å². The molecule has 8 heteroatoms. The molecule has 1 aromatic rings. The van der Waals surface area contributed by atoms with E-state index >= 15 is 0 Å². The van der Waals surface area contributed by atoms with Crippen molar-refractivity contribution in [2.45, 2.75) is 12.8 Å². The fraction of sp³-hybridized carbons (Fsp3) is 0.529. The molecule has 2 aliphatic heterocycles. The highest BCUT2D eigenvalue weighted by molar-refractivity contribution is 5.98. The molecular weight excluding hydrogens is 347 g/mol. The summed E-state index contributed by atoms with van der Waals surface area (Å²) in [5.41, 5.74) is 0.593. The van der Waals surface area contributed by atoms with Crippen LogP contribution in [-0.2, 0) is 0 Å². The third-order valence-electron chi connectivity index (χ3n) is 4.65. The second kappa shape index (κ2) is 8.49. The monoisotopic (exact) mass is 370 g/mol. The van der Waals surface area contributed by atoms with Crippen LogP contribution in [0, 0.1) is 11.7 Å². The SMILES string of the molecule is CNCC1CCCN(C(=O)c2cc(N3CCNC3=O)ccc2F)C1.Cl. The average molecular weight is 371 g/mol. The maximum atomic E-state index is 14.2. The van der Waals surface area contributed by atoms with Gasteiger partial charge >= 0.3 is 6.03 Å². The van der Waals surface area contributed by atoms with Crippen LogP contribution in [-0.4, -0.2) is 56.6 Å². The summed E-state index contributed by atoms with van der Waals surface area (Å²) >= 11 is 0. The number of nitrogens with zero attached hydrogens (tertiary/aromatic N) is 2. The zero-order valence-electron chi connectivity index (χ0n) is 14.3. The summed E-state index contributed by atoms with van der Waals surface area (Å²) in [6, 6.07) is 4.08. The zero-order chi connectivity index (χ0) is 17.1. The lowest BCUT2D eigenvalue weighted by Gasteiger charge is -2.33. The molecule has 0 radical (unpaired) electrons. The summed E-state index contributed by atoms with van der Waals surface area (Å²) < 4.78 is 14.2. The Hall–Kier alpha value is -1.86. The van der Waals surface area contributed by atoms with Gasteiger partial charge in [0.15, 0.2) is 0 Å². The normalized spacial score (nSPS) is 20.2. The van der Waals surface area contributed by atoms with E-state index in [4.69, 9.17) is 0 Å². The first-order valence-electron chi connectivity index (χ1n) is 8.39. The van der Waals surface area contributed by atoms with Gasteiger partial charge in [-0.1, -0.05) is 0 Å². The smallest absolute Gasteiger partial charge is 0.321 e. The minimum atomic E-state index is -0.543. The second-order valence-electron chi connectivity index (χ2n) is 6.36. The number of carbonyl (C=O) groups excluding carboxylic acids is 2. The third kappa shape index (κ3) is 4.22. The van der Waals surface area contributed by atoms with E-state index in [0.717, 1.165) is 19.4 Å². The molecule has 0 bridgehead atoms. The van der Waals surface area contributed by atoms with E-state index in [2.05, 4.69) is 10.6 Å². The van der Waals surface area contributed by atoms with E-state index in [1.807, 2.05) is 7.05 Å². The Morgan fingerprint density at radius 2 is 2.20 bits per heavy atom. The van der Waals surface area contributed by atoms with Gasteiger partial charge in [0, 0.05) is 31.9 Å². The molecule has 3 rings (SSSR count). The van der Waals surface area contributed by atoms with Crippen LogP contribution >= 0.6 is 12.4 Å². The summed E-state index contributed by atoms with van der Waals surface area (Å²) in [6.45, 7) is 3.20. The second-order valence-corrected chi connectivity index (χ2v) is 6.36. The molecule has 2 aliphatic rings. The molecule has 0 aromatic heterocycles.